The fourth-order valence-electron chi connectivity index (χ4n) is 4.31. The highest BCUT2D eigenvalue weighted by atomic mass is 16.7. The lowest BCUT2D eigenvalue weighted by atomic mass is 9.72. The van der Waals surface area contributed by atoms with Gasteiger partial charge in [-0.05, 0) is 30.7 Å². The molecule has 160 valence electrons. The van der Waals surface area contributed by atoms with E-state index in [9.17, 15) is 9.90 Å². The molecule has 0 radical (unpaired) electrons. The highest BCUT2D eigenvalue weighted by molar-refractivity contribution is 5.82. The molecule has 2 heterocycles. The summed E-state index contributed by atoms with van der Waals surface area (Å²) in [5.74, 6) is -0.566. The summed E-state index contributed by atoms with van der Waals surface area (Å²) in [6, 6.07) is 7.01. The summed E-state index contributed by atoms with van der Waals surface area (Å²) >= 11 is 0. The third-order valence-corrected chi connectivity index (χ3v) is 5.55. The maximum absolute atomic E-state index is 12.7. The Bertz CT molecular complexity index is 972. The van der Waals surface area contributed by atoms with Crippen molar-refractivity contribution in [2.24, 2.45) is 5.92 Å². The Kier molecular flexibility index (Phi) is 4.89. The van der Waals surface area contributed by atoms with E-state index >= 15 is 0 Å². The van der Waals surface area contributed by atoms with Crippen LogP contribution < -0.4 is 28.4 Å². The first-order chi connectivity index (χ1) is 14.3. The zero-order valence-electron chi connectivity index (χ0n) is 17.5. The quantitative estimate of drug-likeness (QED) is 0.796. The number of hydrogen-bond acceptors (Lipinski definition) is 8. The Labute approximate surface area is 174 Å². The maximum atomic E-state index is 12.7. The van der Waals surface area contributed by atoms with Gasteiger partial charge in [0, 0.05) is 24.5 Å². The minimum Gasteiger partial charge on any atom is -0.493 e. The number of Topliss-reactive ketones (excluding diaryl/α,β-unsaturated/α-hetero) is 1. The fraction of sp³-hybridized carbons (Fsp3) is 0.409. The van der Waals surface area contributed by atoms with Crippen LogP contribution in [0.4, 0.5) is 0 Å². The maximum Gasteiger partial charge on any atom is 0.231 e. The molecule has 0 fully saturated rings. The van der Waals surface area contributed by atoms with E-state index in [4.69, 9.17) is 28.4 Å². The van der Waals surface area contributed by atoms with Gasteiger partial charge in [0.15, 0.2) is 23.0 Å². The van der Waals surface area contributed by atoms with E-state index in [-0.39, 0.29) is 12.6 Å². The molecule has 0 saturated carbocycles. The lowest BCUT2D eigenvalue weighted by molar-refractivity contribution is -0.181. The lowest BCUT2D eigenvalue weighted by Gasteiger charge is -2.42. The van der Waals surface area contributed by atoms with Crippen molar-refractivity contribution in [2.45, 2.75) is 25.6 Å². The van der Waals surface area contributed by atoms with Crippen molar-refractivity contribution in [1.82, 2.24) is 0 Å². The molecular weight excluding hydrogens is 392 g/mol. The zero-order chi connectivity index (χ0) is 21.6. The van der Waals surface area contributed by atoms with E-state index in [0.717, 1.165) is 0 Å². The number of carbonyl (C=O) groups is 1. The molecule has 3 atom stereocenters. The third kappa shape index (κ3) is 3.08. The van der Waals surface area contributed by atoms with Crippen LogP contribution in [0.5, 0.6) is 34.5 Å². The number of fused-ring (bicyclic) bond motifs is 2. The SMILES string of the molecule is COc1cc(C2c3cc4c(cc3OC(C)(O)C2C(C)=O)OCO4)cc(OC)c1OC. The van der Waals surface area contributed by atoms with E-state index in [1.807, 2.05) is 0 Å². The summed E-state index contributed by atoms with van der Waals surface area (Å²) < 4.78 is 33.2. The Morgan fingerprint density at radius 1 is 1.00 bits per heavy atom. The standard InChI is InChI=1S/C22H24O8/c1-11(23)20-19(12-6-17(25-3)21(27-5)18(7-12)26-4)13-8-15-16(29-10-28-15)9-14(13)30-22(20,2)24/h6-9,19-20,24H,10H2,1-5H3. The van der Waals surface area contributed by atoms with Gasteiger partial charge in [0.1, 0.15) is 11.5 Å². The van der Waals surface area contributed by atoms with Crippen LogP contribution in [-0.4, -0.2) is 44.8 Å². The number of ether oxygens (including phenoxy) is 6. The second-order valence-electron chi connectivity index (χ2n) is 7.42. The average Bonchev–Trinajstić information content (AvgIpc) is 3.16. The second kappa shape index (κ2) is 7.28. The van der Waals surface area contributed by atoms with Gasteiger partial charge in [-0.3, -0.25) is 4.79 Å². The molecule has 1 N–H and O–H groups in total. The predicted molar refractivity (Wildman–Crippen MR) is 106 cm³/mol. The molecule has 30 heavy (non-hydrogen) atoms. The van der Waals surface area contributed by atoms with Crippen molar-refractivity contribution >= 4 is 5.78 Å². The topological polar surface area (TPSA) is 92.7 Å². The fourth-order valence-corrected chi connectivity index (χ4v) is 4.31. The third-order valence-electron chi connectivity index (χ3n) is 5.55. The van der Waals surface area contributed by atoms with Gasteiger partial charge in [-0.2, -0.15) is 0 Å². The normalized spacial score (nSPS) is 23.9. The molecule has 3 unspecified atom stereocenters. The van der Waals surface area contributed by atoms with E-state index in [2.05, 4.69) is 0 Å². The summed E-state index contributed by atoms with van der Waals surface area (Å²) in [6.45, 7) is 3.02. The van der Waals surface area contributed by atoms with Crippen LogP contribution in [0.15, 0.2) is 24.3 Å². The molecule has 4 rings (SSSR count). The highest BCUT2D eigenvalue weighted by Crippen LogP contribution is 2.53. The van der Waals surface area contributed by atoms with Gasteiger partial charge in [-0.15, -0.1) is 0 Å². The van der Waals surface area contributed by atoms with Crippen molar-refractivity contribution in [3.63, 3.8) is 0 Å². The van der Waals surface area contributed by atoms with E-state index in [1.54, 1.807) is 24.3 Å². The first kappa shape index (κ1) is 20.2. The van der Waals surface area contributed by atoms with Gasteiger partial charge in [0.05, 0.1) is 27.2 Å². The molecule has 8 heteroatoms. The number of aliphatic hydroxyl groups is 1. The minimum atomic E-state index is -1.74. The van der Waals surface area contributed by atoms with Crippen molar-refractivity contribution in [2.75, 3.05) is 28.1 Å². The van der Waals surface area contributed by atoms with Crippen LogP contribution in [0.25, 0.3) is 0 Å². The minimum absolute atomic E-state index is 0.0968. The predicted octanol–water partition coefficient (Wildman–Crippen LogP) is 2.88. The van der Waals surface area contributed by atoms with Gasteiger partial charge in [-0.1, -0.05) is 0 Å². The average molecular weight is 416 g/mol. The van der Waals surface area contributed by atoms with Crippen LogP contribution >= 0.6 is 0 Å². The number of ketones is 1. The monoisotopic (exact) mass is 416 g/mol. The molecule has 2 aromatic carbocycles. The number of carbonyl (C=O) groups excluding carboxylic acids is 1. The first-order valence-electron chi connectivity index (χ1n) is 9.46. The van der Waals surface area contributed by atoms with Gasteiger partial charge >= 0.3 is 0 Å². The summed E-state index contributed by atoms with van der Waals surface area (Å²) in [6.07, 6.45) is 0. The molecule has 0 bridgehead atoms. The molecule has 0 aliphatic carbocycles. The largest absolute Gasteiger partial charge is 0.493 e. The Hall–Kier alpha value is -3.13. The van der Waals surface area contributed by atoms with Crippen molar-refractivity contribution in [1.29, 1.82) is 0 Å². The molecule has 0 aromatic heterocycles. The molecule has 0 spiro atoms. The molecule has 2 aromatic rings. The molecule has 2 aliphatic heterocycles. The highest BCUT2D eigenvalue weighted by Gasteiger charge is 2.50. The van der Waals surface area contributed by atoms with Crippen LogP contribution in [0.1, 0.15) is 30.9 Å². The van der Waals surface area contributed by atoms with Gasteiger partial charge < -0.3 is 33.5 Å². The number of benzene rings is 2. The van der Waals surface area contributed by atoms with E-state index in [1.165, 1.54) is 35.2 Å². The van der Waals surface area contributed by atoms with Crippen LogP contribution in [0.3, 0.4) is 0 Å². The Balaban J connectivity index is 1.98. The molecule has 0 amide bonds. The Morgan fingerprint density at radius 2 is 1.60 bits per heavy atom. The summed E-state index contributed by atoms with van der Waals surface area (Å²) in [5.41, 5.74) is 1.40. The van der Waals surface area contributed by atoms with Crippen molar-refractivity contribution < 1.29 is 38.3 Å². The van der Waals surface area contributed by atoms with Crippen LogP contribution in [-0.2, 0) is 4.79 Å². The molecule has 0 saturated heterocycles. The smallest absolute Gasteiger partial charge is 0.231 e. The van der Waals surface area contributed by atoms with Gasteiger partial charge in [0.25, 0.3) is 0 Å². The van der Waals surface area contributed by atoms with Crippen molar-refractivity contribution in [3.05, 3.63) is 35.4 Å². The Morgan fingerprint density at radius 3 is 2.13 bits per heavy atom. The van der Waals surface area contributed by atoms with Gasteiger partial charge in [-0.25, -0.2) is 0 Å². The summed E-state index contributed by atoms with van der Waals surface area (Å²) in [5, 5.41) is 11.1. The summed E-state index contributed by atoms with van der Waals surface area (Å²) in [4.78, 5) is 12.7. The first-order valence-corrected chi connectivity index (χ1v) is 9.46. The van der Waals surface area contributed by atoms with Crippen molar-refractivity contribution in [3.8, 4) is 34.5 Å². The second-order valence-corrected chi connectivity index (χ2v) is 7.42. The van der Waals surface area contributed by atoms with E-state index < -0.39 is 17.6 Å². The van der Waals surface area contributed by atoms with Crippen LogP contribution in [0.2, 0.25) is 0 Å². The lowest BCUT2D eigenvalue weighted by Crippen LogP contribution is -2.50. The molecular formula is C22H24O8. The van der Waals surface area contributed by atoms with Crippen LogP contribution in [0, 0.1) is 5.92 Å². The summed E-state index contributed by atoms with van der Waals surface area (Å²) in [7, 11) is 4.57. The number of hydrogen-bond donors (Lipinski definition) is 1. The molecule has 2 aliphatic rings. The molecule has 8 nitrogen and oxygen atoms in total. The van der Waals surface area contributed by atoms with E-state index in [0.29, 0.717) is 45.6 Å². The van der Waals surface area contributed by atoms with Gasteiger partial charge in [0.2, 0.25) is 18.3 Å². The number of methoxy groups -OCH3 is 3. The zero-order valence-corrected chi connectivity index (χ0v) is 17.5. The number of rotatable bonds is 5.